The highest BCUT2D eigenvalue weighted by molar-refractivity contribution is 8.00. The molecule has 0 aliphatic carbocycles. The van der Waals surface area contributed by atoms with Crippen molar-refractivity contribution in [2.45, 2.75) is 22.6 Å². The SMILES string of the molecule is O=C(Nc1nnc(SCc2ccc(F)cc2)s1)[C@@H](Cc1ccccc1)n1cnnn1. The average Bonchev–Trinajstić information content (AvgIpc) is 3.45. The molecule has 0 saturated heterocycles. The molecule has 2 heterocycles. The molecule has 1 N–H and O–H groups in total. The van der Waals surface area contributed by atoms with E-state index in [1.54, 1.807) is 12.1 Å². The van der Waals surface area contributed by atoms with Crippen molar-refractivity contribution in [2.24, 2.45) is 0 Å². The molecule has 1 amide bonds. The number of nitrogens with zero attached hydrogens (tertiary/aromatic N) is 6. The van der Waals surface area contributed by atoms with Crippen LogP contribution >= 0.6 is 23.1 Å². The zero-order valence-electron chi connectivity index (χ0n) is 15.6. The first kappa shape index (κ1) is 20.1. The Bertz CT molecular complexity index is 1090. The van der Waals surface area contributed by atoms with Crippen LogP contribution in [0.25, 0.3) is 0 Å². The lowest BCUT2D eigenvalue weighted by atomic mass is 10.1. The van der Waals surface area contributed by atoms with Crippen molar-refractivity contribution in [1.29, 1.82) is 0 Å². The van der Waals surface area contributed by atoms with Crippen LogP contribution in [0.4, 0.5) is 9.52 Å². The van der Waals surface area contributed by atoms with E-state index in [0.29, 0.717) is 21.6 Å². The molecule has 4 rings (SSSR count). The summed E-state index contributed by atoms with van der Waals surface area (Å²) in [5.41, 5.74) is 1.96. The van der Waals surface area contributed by atoms with Crippen LogP contribution in [0.2, 0.25) is 0 Å². The number of amides is 1. The van der Waals surface area contributed by atoms with Crippen molar-refractivity contribution >= 4 is 34.1 Å². The highest BCUT2D eigenvalue weighted by atomic mass is 32.2. The second-order valence-corrected chi connectivity index (χ2v) is 8.47. The quantitative estimate of drug-likeness (QED) is 0.331. The van der Waals surface area contributed by atoms with Crippen LogP contribution in [0.5, 0.6) is 0 Å². The topological polar surface area (TPSA) is 98.5 Å². The van der Waals surface area contributed by atoms with Gasteiger partial charge in [0.15, 0.2) is 4.34 Å². The number of thioether (sulfide) groups is 1. The van der Waals surface area contributed by atoms with E-state index in [0.717, 1.165) is 11.1 Å². The lowest BCUT2D eigenvalue weighted by Crippen LogP contribution is -2.28. The summed E-state index contributed by atoms with van der Waals surface area (Å²) < 4.78 is 15.1. The van der Waals surface area contributed by atoms with Gasteiger partial charge >= 0.3 is 0 Å². The minimum atomic E-state index is -0.624. The van der Waals surface area contributed by atoms with Crippen molar-refractivity contribution < 1.29 is 9.18 Å². The van der Waals surface area contributed by atoms with Gasteiger partial charge < -0.3 is 0 Å². The second-order valence-electron chi connectivity index (χ2n) is 6.27. The Balaban J connectivity index is 1.40. The predicted octanol–water partition coefficient (Wildman–Crippen LogP) is 3.38. The lowest BCUT2D eigenvalue weighted by Gasteiger charge is -2.15. The van der Waals surface area contributed by atoms with E-state index in [2.05, 4.69) is 31.0 Å². The van der Waals surface area contributed by atoms with Gasteiger partial charge in [-0.05, 0) is 33.7 Å². The maximum Gasteiger partial charge on any atom is 0.251 e. The number of anilines is 1. The van der Waals surface area contributed by atoms with E-state index >= 15 is 0 Å². The Morgan fingerprint density at radius 3 is 2.63 bits per heavy atom. The molecule has 0 saturated carbocycles. The van der Waals surface area contributed by atoms with Crippen molar-refractivity contribution in [2.75, 3.05) is 5.32 Å². The van der Waals surface area contributed by atoms with Crippen LogP contribution in [0.15, 0.2) is 65.3 Å². The monoisotopic (exact) mass is 441 g/mol. The molecule has 0 unspecified atom stereocenters. The molecular weight excluding hydrogens is 425 g/mol. The molecule has 0 aliphatic rings. The Morgan fingerprint density at radius 1 is 1.10 bits per heavy atom. The third-order valence-corrected chi connectivity index (χ3v) is 6.21. The van der Waals surface area contributed by atoms with Crippen LogP contribution < -0.4 is 5.32 Å². The fourth-order valence-electron chi connectivity index (χ4n) is 2.69. The number of benzene rings is 2. The van der Waals surface area contributed by atoms with Crippen LogP contribution in [0.3, 0.4) is 0 Å². The molecule has 0 spiro atoms. The van der Waals surface area contributed by atoms with Gasteiger partial charge in [0.1, 0.15) is 18.2 Å². The predicted molar refractivity (Wildman–Crippen MR) is 111 cm³/mol. The highest BCUT2D eigenvalue weighted by Crippen LogP contribution is 2.29. The standard InChI is InChI=1S/C19H16FN7OS2/c20-15-8-6-14(7-9-15)11-29-19-24-23-18(30-19)22-17(28)16(27-12-21-25-26-27)10-13-4-2-1-3-5-13/h1-9,12,16H,10-11H2,(H,22,23,28)/t16-/m1/s1. The van der Waals surface area contributed by atoms with Crippen molar-refractivity contribution in [3.63, 3.8) is 0 Å². The third kappa shape index (κ3) is 5.24. The van der Waals surface area contributed by atoms with Crippen molar-refractivity contribution in [1.82, 2.24) is 30.4 Å². The minimum Gasteiger partial charge on any atom is -0.299 e. The van der Waals surface area contributed by atoms with Gasteiger partial charge in [-0.1, -0.05) is 65.6 Å². The van der Waals surface area contributed by atoms with Gasteiger partial charge in [0, 0.05) is 12.2 Å². The summed E-state index contributed by atoms with van der Waals surface area (Å²) in [5, 5.41) is 22.5. The number of aromatic nitrogens is 6. The Kier molecular flexibility index (Phi) is 6.40. The zero-order chi connectivity index (χ0) is 20.8. The van der Waals surface area contributed by atoms with Gasteiger partial charge in [0.05, 0.1) is 0 Å². The number of halogens is 1. The zero-order valence-corrected chi connectivity index (χ0v) is 17.2. The van der Waals surface area contributed by atoms with Crippen molar-refractivity contribution in [3.8, 4) is 0 Å². The summed E-state index contributed by atoms with van der Waals surface area (Å²) >= 11 is 2.75. The number of tetrazole rings is 1. The first-order chi connectivity index (χ1) is 14.7. The molecule has 0 aliphatic heterocycles. The molecule has 8 nitrogen and oxygen atoms in total. The molecule has 2 aromatic carbocycles. The Labute approximate surface area is 179 Å². The number of hydrogen-bond acceptors (Lipinski definition) is 8. The van der Waals surface area contributed by atoms with Crippen molar-refractivity contribution in [3.05, 3.63) is 77.9 Å². The largest absolute Gasteiger partial charge is 0.299 e. The maximum absolute atomic E-state index is 13.0. The van der Waals surface area contributed by atoms with Crippen LogP contribution in [-0.4, -0.2) is 36.3 Å². The highest BCUT2D eigenvalue weighted by Gasteiger charge is 2.23. The van der Waals surface area contributed by atoms with Gasteiger partial charge in [-0.3, -0.25) is 10.1 Å². The second kappa shape index (κ2) is 9.55. The van der Waals surface area contributed by atoms with E-state index in [4.69, 9.17) is 0 Å². The van der Waals surface area contributed by atoms with E-state index < -0.39 is 6.04 Å². The van der Waals surface area contributed by atoms with Crippen LogP contribution in [-0.2, 0) is 17.0 Å². The van der Waals surface area contributed by atoms with E-state index in [9.17, 15) is 9.18 Å². The molecule has 0 bridgehead atoms. The molecule has 0 radical (unpaired) electrons. The molecule has 11 heteroatoms. The first-order valence-corrected chi connectivity index (χ1v) is 10.8. The van der Waals surface area contributed by atoms with Crippen LogP contribution in [0, 0.1) is 5.82 Å². The van der Waals surface area contributed by atoms with Gasteiger partial charge in [-0.15, -0.1) is 15.3 Å². The Hall–Kier alpha value is -3.18. The number of rotatable bonds is 8. The fraction of sp³-hybridized carbons (Fsp3) is 0.158. The fourth-order valence-corrected chi connectivity index (χ4v) is 4.40. The number of nitrogens with one attached hydrogen (secondary N) is 1. The lowest BCUT2D eigenvalue weighted by molar-refractivity contribution is -0.119. The summed E-state index contributed by atoms with van der Waals surface area (Å²) in [7, 11) is 0. The van der Waals surface area contributed by atoms with E-state index in [1.165, 1.54) is 46.2 Å². The first-order valence-electron chi connectivity index (χ1n) is 8.95. The average molecular weight is 442 g/mol. The summed E-state index contributed by atoms with van der Waals surface area (Å²) in [6.07, 6.45) is 1.85. The summed E-state index contributed by atoms with van der Waals surface area (Å²) in [6.45, 7) is 0. The maximum atomic E-state index is 13.0. The molecule has 30 heavy (non-hydrogen) atoms. The summed E-state index contributed by atoms with van der Waals surface area (Å²) in [4.78, 5) is 12.9. The molecule has 4 aromatic rings. The molecule has 1 atom stereocenters. The Morgan fingerprint density at radius 2 is 1.90 bits per heavy atom. The molecular formula is C19H16FN7OS2. The van der Waals surface area contributed by atoms with Gasteiger partial charge in [0.2, 0.25) is 5.13 Å². The van der Waals surface area contributed by atoms with E-state index in [-0.39, 0.29) is 11.7 Å². The van der Waals surface area contributed by atoms with Crippen LogP contribution in [0.1, 0.15) is 17.2 Å². The molecule has 0 fully saturated rings. The summed E-state index contributed by atoms with van der Waals surface area (Å²) in [6, 6.07) is 15.3. The summed E-state index contributed by atoms with van der Waals surface area (Å²) in [5.74, 6) is 0.0825. The van der Waals surface area contributed by atoms with Gasteiger partial charge in [0.25, 0.3) is 5.91 Å². The minimum absolute atomic E-state index is 0.266. The number of carbonyl (C=O) groups excluding carboxylic acids is 1. The molecule has 2 aromatic heterocycles. The number of carbonyl (C=O) groups is 1. The third-order valence-electron chi connectivity index (χ3n) is 4.17. The smallest absolute Gasteiger partial charge is 0.251 e. The number of hydrogen-bond donors (Lipinski definition) is 1. The molecule has 152 valence electrons. The van der Waals surface area contributed by atoms with Gasteiger partial charge in [-0.2, -0.15) is 0 Å². The van der Waals surface area contributed by atoms with Gasteiger partial charge in [-0.25, -0.2) is 9.07 Å². The normalized spacial score (nSPS) is 11.9. The van der Waals surface area contributed by atoms with E-state index in [1.807, 2.05) is 30.3 Å².